The van der Waals surface area contributed by atoms with E-state index < -0.39 is 0 Å². The zero-order valence-electron chi connectivity index (χ0n) is 9.36. The van der Waals surface area contributed by atoms with Gasteiger partial charge in [0.25, 0.3) is 0 Å². The molecule has 0 fully saturated rings. The van der Waals surface area contributed by atoms with E-state index in [1.54, 1.807) is 0 Å². The standard InChI is InChI=1S/C12H12Br2N2O/c1-2-9(13)12-15-11(16-17-12)7-8-5-3-4-6-10(8)14/h3-6,9H,2,7H2,1H3. The first kappa shape index (κ1) is 12.8. The summed E-state index contributed by atoms with van der Waals surface area (Å²) in [6.45, 7) is 2.07. The van der Waals surface area contributed by atoms with Crippen molar-refractivity contribution in [3.05, 3.63) is 46.0 Å². The van der Waals surface area contributed by atoms with Gasteiger partial charge >= 0.3 is 0 Å². The highest BCUT2D eigenvalue weighted by atomic mass is 79.9. The number of benzene rings is 1. The lowest BCUT2D eigenvalue weighted by Crippen LogP contribution is -1.93. The summed E-state index contributed by atoms with van der Waals surface area (Å²) in [5.41, 5.74) is 1.16. The summed E-state index contributed by atoms with van der Waals surface area (Å²) in [4.78, 5) is 4.51. The topological polar surface area (TPSA) is 38.9 Å². The van der Waals surface area contributed by atoms with Gasteiger partial charge in [0.15, 0.2) is 5.82 Å². The first-order chi connectivity index (χ1) is 8.20. The average molecular weight is 360 g/mol. The molecule has 3 nitrogen and oxygen atoms in total. The molecule has 0 aliphatic rings. The molecule has 0 bridgehead atoms. The minimum absolute atomic E-state index is 0.142. The summed E-state index contributed by atoms with van der Waals surface area (Å²) in [5, 5.41) is 3.98. The first-order valence-corrected chi connectivity index (χ1v) is 7.11. The number of hydrogen-bond donors (Lipinski definition) is 0. The molecule has 0 amide bonds. The van der Waals surface area contributed by atoms with Gasteiger partial charge in [-0.3, -0.25) is 0 Å². The lowest BCUT2D eigenvalue weighted by molar-refractivity contribution is 0.372. The summed E-state index contributed by atoms with van der Waals surface area (Å²) in [5.74, 6) is 1.36. The molecule has 2 aromatic rings. The summed E-state index contributed by atoms with van der Waals surface area (Å²) < 4.78 is 6.27. The molecule has 90 valence electrons. The molecule has 0 aliphatic carbocycles. The van der Waals surface area contributed by atoms with Gasteiger partial charge in [0.2, 0.25) is 5.89 Å². The lowest BCUT2D eigenvalue weighted by Gasteiger charge is -1.99. The van der Waals surface area contributed by atoms with Crippen molar-refractivity contribution in [2.75, 3.05) is 0 Å². The Kier molecular flexibility index (Phi) is 4.34. The number of alkyl halides is 1. The predicted octanol–water partition coefficient (Wildman–Crippen LogP) is 4.27. The number of aromatic nitrogens is 2. The largest absolute Gasteiger partial charge is 0.338 e. The zero-order valence-corrected chi connectivity index (χ0v) is 12.5. The molecule has 5 heteroatoms. The van der Waals surface area contributed by atoms with Crippen molar-refractivity contribution < 1.29 is 4.52 Å². The molecule has 0 N–H and O–H groups in total. The van der Waals surface area contributed by atoms with Gasteiger partial charge in [-0.05, 0) is 18.1 Å². The van der Waals surface area contributed by atoms with Crippen molar-refractivity contribution in [1.29, 1.82) is 0 Å². The van der Waals surface area contributed by atoms with Crippen LogP contribution in [0, 0.1) is 0 Å². The van der Waals surface area contributed by atoms with E-state index in [-0.39, 0.29) is 4.83 Å². The second kappa shape index (κ2) is 5.78. The van der Waals surface area contributed by atoms with Crippen LogP contribution in [-0.2, 0) is 6.42 Å². The maximum atomic E-state index is 5.21. The Labute approximate surface area is 117 Å². The third kappa shape index (κ3) is 3.16. The highest BCUT2D eigenvalue weighted by Gasteiger charge is 2.14. The molecule has 0 saturated heterocycles. The van der Waals surface area contributed by atoms with Gasteiger partial charge in [-0.25, -0.2) is 0 Å². The fraction of sp³-hybridized carbons (Fsp3) is 0.333. The molecule has 17 heavy (non-hydrogen) atoms. The Hall–Kier alpha value is -0.680. The quantitative estimate of drug-likeness (QED) is 0.765. The summed E-state index contributed by atoms with van der Waals surface area (Å²) in [6, 6.07) is 8.04. The Morgan fingerprint density at radius 2 is 2.12 bits per heavy atom. The van der Waals surface area contributed by atoms with E-state index in [4.69, 9.17) is 4.52 Å². The molecular formula is C12H12Br2N2O. The van der Waals surface area contributed by atoms with E-state index in [2.05, 4.69) is 48.9 Å². The molecule has 1 unspecified atom stereocenters. The Bertz CT molecular complexity index is 499. The van der Waals surface area contributed by atoms with Gasteiger partial charge in [-0.15, -0.1) is 0 Å². The molecular weight excluding hydrogens is 348 g/mol. The van der Waals surface area contributed by atoms with Gasteiger partial charge in [0, 0.05) is 10.9 Å². The smallest absolute Gasteiger partial charge is 0.240 e. The maximum absolute atomic E-state index is 5.21. The van der Waals surface area contributed by atoms with E-state index in [0.29, 0.717) is 18.1 Å². The molecule has 1 heterocycles. The van der Waals surface area contributed by atoms with Crippen LogP contribution >= 0.6 is 31.9 Å². The van der Waals surface area contributed by atoms with Crippen molar-refractivity contribution in [3.8, 4) is 0 Å². The third-order valence-corrected chi connectivity index (χ3v) is 4.23. The van der Waals surface area contributed by atoms with E-state index in [9.17, 15) is 0 Å². The SMILES string of the molecule is CCC(Br)c1nc(Cc2ccccc2Br)no1. The van der Waals surface area contributed by atoms with Crippen LogP contribution < -0.4 is 0 Å². The van der Waals surface area contributed by atoms with Crippen LogP contribution in [0.15, 0.2) is 33.3 Å². The maximum Gasteiger partial charge on any atom is 0.240 e. The molecule has 0 saturated carbocycles. The van der Waals surface area contributed by atoms with Crippen LogP contribution in [0.5, 0.6) is 0 Å². The van der Waals surface area contributed by atoms with Crippen molar-refractivity contribution in [1.82, 2.24) is 10.1 Å². The van der Waals surface area contributed by atoms with E-state index >= 15 is 0 Å². The van der Waals surface area contributed by atoms with E-state index in [0.717, 1.165) is 16.5 Å². The second-order valence-corrected chi connectivity index (χ2v) is 5.65. The van der Waals surface area contributed by atoms with Crippen LogP contribution in [0.1, 0.15) is 35.5 Å². The van der Waals surface area contributed by atoms with Crippen molar-refractivity contribution in [3.63, 3.8) is 0 Å². The van der Waals surface area contributed by atoms with Crippen LogP contribution in [0.25, 0.3) is 0 Å². The van der Waals surface area contributed by atoms with Crippen molar-refractivity contribution >= 4 is 31.9 Å². The molecule has 2 rings (SSSR count). The number of rotatable bonds is 4. The predicted molar refractivity (Wildman–Crippen MR) is 73.2 cm³/mol. The summed E-state index contributed by atoms with van der Waals surface area (Å²) in [6.07, 6.45) is 1.60. The zero-order chi connectivity index (χ0) is 12.3. The average Bonchev–Trinajstić information content (AvgIpc) is 2.80. The van der Waals surface area contributed by atoms with Crippen molar-refractivity contribution in [2.24, 2.45) is 0 Å². The number of halogens is 2. The van der Waals surface area contributed by atoms with Crippen molar-refractivity contribution in [2.45, 2.75) is 24.6 Å². The minimum Gasteiger partial charge on any atom is -0.338 e. The second-order valence-electron chi connectivity index (χ2n) is 3.69. The molecule has 0 spiro atoms. The molecule has 1 aromatic heterocycles. The molecule has 1 atom stereocenters. The highest BCUT2D eigenvalue weighted by Crippen LogP contribution is 2.25. The van der Waals surface area contributed by atoms with Gasteiger partial charge in [0.05, 0.1) is 4.83 Å². The summed E-state index contributed by atoms with van der Waals surface area (Å²) in [7, 11) is 0. The molecule has 0 radical (unpaired) electrons. The van der Waals surface area contributed by atoms with E-state index in [1.807, 2.05) is 24.3 Å². The molecule has 1 aromatic carbocycles. The van der Waals surface area contributed by atoms with Crippen LogP contribution in [0.3, 0.4) is 0 Å². The van der Waals surface area contributed by atoms with Gasteiger partial charge in [0.1, 0.15) is 0 Å². The fourth-order valence-electron chi connectivity index (χ4n) is 1.45. The molecule has 0 aliphatic heterocycles. The Morgan fingerprint density at radius 3 is 2.82 bits per heavy atom. The summed E-state index contributed by atoms with van der Waals surface area (Å²) >= 11 is 7.00. The first-order valence-electron chi connectivity index (χ1n) is 5.40. The van der Waals surface area contributed by atoms with E-state index in [1.165, 1.54) is 0 Å². The fourth-order valence-corrected chi connectivity index (χ4v) is 2.06. The Balaban J connectivity index is 2.14. The van der Waals surface area contributed by atoms with Crippen LogP contribution in [0.2, 0.25) is 0 Å². The lowest BCUT2D eigenvalue weighted by atomic mass is 10.1. The normalized spacial score (nSPS) is 12.6. The third-order valence-electron chi connectivity index (χ3n) is 2.42. The minimum atomic E-state index is 0.142. The van der Waals surface area contributed by atoms with Gasteiger partial charge < -0.3 is 4.52 Å². The Morgan fingerprint density at radius 1 is 1.35 bits per heavy atom. The van der Waals surface area contributed by atoms with Gasteiger partial charge in [-0.1, -0.05) is 62.1 Å². The van der Waals surface area contributed by atoms with Crippen LogP contribution in [-0.4, -0.2) is 10.1 Å². The highest BCUT2D eigenvalue weighted by molar-refractivity contribution is 9.10. The van der Waals surface area contributed by atoms with Gasteiger partial charge in [-0.2, -0.15) is 4.98 Å². The monoisotopic (exact) mass is 358 g/mol. The number of nitrogens with zero attached hydrogens (tertiary/aromatic N) is 2. The number of hydrogen-bond acceptors (Lipinski definition) is 3. The van der Waals surface area contributed by atoms with Crippen LogP contribution in [0.4, 0.5) is 0 Å².